The molecule has 0 saturated heterocycles. The Morgan fingerprint density at radius 2 is 0.507 bits per heavy atom. The summed E-state index contributed by atoms with van der Waals surface area (Å²) in [5.74, 6) is -0.975. The van der Waals surface area contributed by atoms with Gasteiger partial charge < -0.3 is 14.2 Å². The lowest BCUT2D eigenvalue weighted by molar-refractivity contribution is -0.166. The van der Waals surface area contributed by atoms with Crippen LogP contribution in [0.15, 0.2) is 85.1 Å². The van der Waals surface area contributed by atoms with Crippen LogP contribution in [0.4, 0.5) is 0 Å². The van der Waals surface area contributed by atoms with Crippen molar-refractivity contribution < 1.29 is 28.6 Å². The quantitative estimate of drug-likeness (QED) is 0.0261. The lowest BCUT2D eigenvalue weighted by Crippen LogP contribution is -2.30. The molecule has 0 bridgehead atoms. The largest absolute Gasteiger partial charge is 0.462 e. The van der Waals surface area contributed by atoms with Crippen LogP contribution in [0.5, 0.6) is 0 Å². The zero-order valence-corrected chi connectivity index (χ0v) is 49.6. The zero-order valence-electron chi connectivity index (χ0n) is 49.6. The van der Waals surface area contributed by atoms with Crippen molar-refractivity contribution in [3.63, 3.8) is 0 Å². The van der Waals surface area contributed by atoms with E-state index < -0.39 is 6.10 Å². The summed E-state index contributed by atoms with van der Waals surface area (Å²) in [5.41, 5.74) is 0. The van der Waals surface area contributed by atoms with Crippen LogP contribution < -0.4 is 0 Å². The van der Waals surface area contributed by atoms with Gasteiger partial charge in [0, 0.05) is 19.3 Å². The highest BCUT2D eigenvalue weighted by Gasteiger charge is 2.19. The summed E-state index contributed by atoms with van der Waals surface area (Å²) in [7, 11) is 0. The van der Waals surface area contributed by atoms with Gasteiger partial charge in [0.15, 0.2) is 6.10 Å². The van der Waals surface area contributed by atoms with Crippen molar-refractivity contribution in [2.24, 2.45) is 0 Å². The number of esters is 3. The molecule has 0 aromatic rings. The Kier molecular flexibility index (Phi) is 60.3. The molecule has 432 valence electrons. The van der Waals surface area contributed by atoms with Gasteiger partial charge in [0.1, 0.15) is 13.2 Å². The van der Waals surface area contributed by atoms with Crippen molar-refractivity contribution in [1.29, 1.82) is 0 Å². The van der Waals surface area contributed by atoms with Crippen molar-refractivity contribution in [2.45, 2.75) is 322 Å². The van der Waals surface area contributed by atoms with Crippen LogP contribution in [0.25, 0.3) is 0 Å². The maximum atomic E-state index is 12.9. The number of unbranched alkanes of at least 4 members (excludes halogenated alkanes) is 33. The lowest BCUT2D eigenvalue weighted by atomic mass is 10.0. The van der Waals surface area contributed by atoms with Crippen LogP contribution >= 0.6 is 0 Å². The van der Waals surface area contributed by atoms with Gasteiger partial charge in [-0.25, -0.2) is 0 Å². The van der Waals surface area contributed by atoms with Crippen molar-refractivity contribution in [3.8, 4) is 0 Å². The van der Waals surface area contributed by atoms with E-state index in [1.807, 2.05) is 6.08 Å². The Bertz CT molecular complexity index is 1430. The SMILES string of the molecule is CCCCC/C=C\C/C=C\C/C=C\C/C=C\C/C=C\CCC(=O)OC[C@H](COC(=O)CCCCCCCCCCC/C=C\C/C=C\CCCCC)OC(=O)CCCCCCCCCCCCCCCCCCCCC. The molecule has 0 radical (unpaired) electrons. The molecule has 75 heavy (non-hydrogen) atoms. The number of ether oxygens (including phenoxy) is 3. The third-order valence-corrected chi connectivity index (χ3v) is 13.9. The number of carbonyl (C=O) groups excluding carboxylic acids is 3. The first kappa shape index (κ1) is 71.6. The maximum absolute atomic E-state index is 12.9. The highest BCUT2D eigenvalue weighted by atomic mass is 16.6. The van der Waals surface area contributed by atoms with E-state index in [1.165, 1.54) is 199 Å². The second-order valence-electron chi connectivity index (χ2n) is 21.3. The first-order valence-corrected chi connectivity index (χ1v) is 32.1. The second kappa shape index (κ2) is 63.1. The maximum Gasteiger partial charge on any atom is 0.306 e. The topological polar surface area (TPSA) is 78.9 Å². The summed E-state index contributed by atoms with van der Waals surface area (Å²) in [4.78, 5) is 38.3. The molecule has 6 heteroatoms. The fourth-order valence-corrected chi connectivity index (χ4v) is 9.05. The average Bonchev–Trinajstić information content (AvgIpc) is 3.41. The Morgan fingerprint density at radius 1 is 0.267 bits per heavy atom. The van der Waals surface area contributed by atoms with Crippen LogP contribution in [0.2, 0.25) is 0 Å². The molecule has 1 atom stereocenters. The van der Waals surface area contributed by atoms with Crippen LogP contribution in [0, 0.1) is 0 Å². The average molecular weight is 1050 g/mol. The van der Waals surface area contributed by atoms with Gasteiger partial charge in [-0.15, -0.1) is 0 Å². The van der Waals surface area contributed by atoms with Gasteiger partial charge in [-0.1, -0.05) is 292 Å². The fraction of sp³-hybridized carbons (Fsp3) is 0.754. The number of hydrogen-bond acceptors (Lipinski definition) is 6. The number of rotatable bonds is 58. The minimum Gasteiger partial charge on any atom is -0.462 e. The van der Waals surface area contributed by atoms with Gasteiger partial charge in [0.2, 0.25) is 0 Å². The molecule has 0 aromatic heterocycles. The normalized spacial score (nSPS) is 12.6. The molecule has 0 N–H and O–H groups in total. The molecular weight excluding hydrogens is 925 g/mol. The molecule has 0 saturated carbocycles. The van der Waals surface area contributed by atoms with E-state index in [4.69, 9.17) is 14.2 Å². The highest BCUT2D eigenvalue weighted by Crippen LogP contribution is 2.17. The second-order valence-corrected chi connectivity index (χ2v) is 21.3. The van der Waals surface area contributed by atoms with E-state index in [2.05, 4.69) is 99.8 Å². The molecule has 0 rings (SSSR count). The van der Waals surface area contributed by atoms with Crippen LogP contribution in [-0.2, 0) is 28.6 Å². The molecule has 0 heterocycles. The van der Waals surface area contributed by atoms with E-state index in [9.17, 15) is 14.4 Å². The lowest BCUT2D eigenvalue weighted by Gasteiger charge is -2.18. The summed E-state index contributed by atoms with van der Waals surface area (Å²) >= 11 is 0. The van der Waals surface area contributed by atoms with Gasteiger partial charge in [0.25, 0.3) is 0 Å². The first-order valence-electron chi connectivity index (χ1n) is 32.1. The molecule has 0 aliphatic carbocycles. The molecule has 0 amide bonds. The summed E-state index contributed by atoms with van der Waals surface area (Å²) in [6.07, 6.45) is 83.1. The molecule has 0 fully saturated rings. The Balaban J connectivity index is 4.46. The van der Waals surface area contributed by atoms with Gasteiger partial charge >= 0.3 is 17.9 Å². The summed E-state index contributed by atoms with van der Waals surface area (Å²) < 4.78 is 16.9. The van der Waals surface area contributed by atoms with Gasteiger partial charge in [-0.05, 0) is 89.9 Å². The predicted molar refractivity (Wildman–Crippen MR) is 325 cm³/mol. The summed E-state index contributed by atoms with van der Waals surface area (Å²) in [5, 5.41) is 0. The van der Waals surface area contributed by atoms with Crippen molar-refractivity contribution >= 4 is 17.9 Å². The van der Waals surface area contributed by atoms with E-state index in [0.717, 1.165) is 70.6 Å². The Labute approximate surface area is 465 Å². The zero-order chi connectivity index (χ0) is 54.3. The van der Waals surface area contributed by atoms with Crippen molar-refractivity contribution in [2.75, 3.05) is 13.2 Å². The standard InChI is InChI=1S/C69H120O6/c1-4-7-10-13-16-19-22-25-28-31-34-37-40-43-46-49-52-55-58-61-67(70)73-64-66(75-69(72)63-60-57-54-51-48-45-42-39-36-33-30-27-24-21-18-15-12-9-6-3)65-74-68(71)62-59-56-53-50-47-44-41-38-35-32-29-26-23-20-17-14-11-8-5-2/h16-17,19-20,25-26,28-29,34,37,43,46,52,55,66H,4-15,18,21-24,27,30-33,35-36,38-42,44-45,47-51,53-54,56-65H2,1-3H3/b19-16-,20-17-,28-25-,29-26-,37-34-,46-43-,55-52-/t66-/m1/s1. The minimum atomic E-state index is -0.808. The van der Waals surface area contributed by atoms with Gasteiger partial charge in [-0.2, -0.15) is 0 Å². The Morgan fingerprint density at radius 3 is 0.853 bits per heavy atom. The fourth-order valence-electron chi connectivity index (χ4n) is 9.05. The molecular formula is C69H120O6. The minimum absolute atomic E-state index is 0.0992. The monoisotopic (exact) mass is 1040 g/mol. The molecule has 0 aromatic carbocycles. The van der Waals surface area contributed by atoms with Crippen molar-refractivity contribution in [1.82, 2.24) is 0 Å². The molecule has 0 spiro atoms. The van der Waals surface area contributed by atoms with E-state index >= 15 is 0 Å². The van der Waals surface area contributed by atoms with Crippen LogP contribution in [0.1, 0.15) is 316 Å². The molecule has 6 nitrogen and oxygen atoms in total. The number of hydrogen-bond donors (Lipinski definition) is 0. The Hall–Kier alpha value is -3.41. The van der Waals surface area contributed by atoms with E-state index in [-0.39, 0.29) is 37.5 Å². The van der Waals surface area contributed by atoms with Gasteiger partial charge in [0.05, 0.1) is 0 Å². The smallest absolute Gasteiger partial charge is 0.306 e. The van der Waals surface area contributed by atoms with E-state index in [1.54, 1.807) is 0 Å². The van der Waals surface area contributed by atoms with E-state index in [0.29, 0.717) is 19.3 Å². The van der Waals surface area contributed by atoms with Crippen LogP contribution in [0.3, 0.4) is 0 Å². The third-order valence-electron chi connectivity index (χ3n) is 13.9. The number of carbonyl (C=O) groups is 3. The summed E-state index contributed by atoms with van der Waals surface area (Å²) in [6.45, 7) is 6.56. The van der Waals surface area contributed by atoms with Gasteiger partial charge in [-0.3, -0.25) is 14.4 Å². The third kappa shape index (κ3) is 61.3. The first-order chi connectivity index (χ1) is 37.0. The van der Waals surface area contributed by atoms with Crippen LogP contribution in [-0.4, -0.2) is 37.2 Å². The summed E-state index contributed by atoms with van der Waals surface area (Å²) in [6, 6.07) is 0. The predicted octanol–water partition coefficient (Wildman–Crippen LogP) is 21.9. The highest BCUT2D eigenvalue weighted by molar-refractivity contribution is 5.71. The molecule has 0 unspecified atom stereocenters. The molecule has 0 aliphatic rings. The molecule has 0 aliphatic heterocycles. The number of allylic oxidation sites excluding steroid dienone is 14. The van der Waals surface area contributed by atoms with Crippen molar-refractivity contribution in [3.05, 3.63) is 85.1 Å².